The molecule has 0 bridgehead atoms. The summed E-state index contributed by atoms with van der Waals surface area (Å²) in [4.78, 5) is 12.3. The minimum atomic E-state index is -3.18. The molecule has 0 heterocycles. The van der Waals surface area contributed by atoms with Gasteiger partial charge in [0.1, 0.15) is 0 Å². The summed E-state index contributed by atoms with van der Waals surface area (Å²) in [5, 5.41) is 2.86. The molecule has 0 unspecified atom stereocenters. The minimum absolute atomic E-state index is 0.0480. The molecule has 2 rings (SSSR count). The zero-order chi connectivity index (χ0) is 13.9. The number of sulfone groups is 1. The maximum Gasteiger partial charge on any atom is 0.227 e. The van der Waals surface area contributed by atoms with E-state index < -0.39 is 9.84 Å². The SMILES string of the molecule is CS(=O)(=O)c1ccc(NC(=O)C2CCCCC2)cc1. The Morgan fingerprint density at radius 2 is 1.68 bits per heavy atom. The Morgan fingerprint density at radius 1 is 1.11 bits per heavy atom. The van der Waals surface area contributed by atoms with E-state index in [4.69, 9.17) is 0 Å². The van der Waals surface area contributed by atoms with Gasteiger partial charge >= 0.3 is 0 Å². The van der Waals surface area contributed by atoms with Crippen LogP contribution in [0.1, 0.15) is 32.1 Å². The van der Waals surface area contributed by atoms with Crippen LogP contribution >= 0.6 is 0 Å². The largest absolute Gasteiger partial charge is 0.326 e. The zero-order valence-corrected chi connectivity index (χ0v) is 11.9. The highest BCUT2D eigenvalue weighted by atomic mass is 32.2. The van der Waals surface area contributed by atoms with Gasteiger partial charge in [0.15, 0.2) is 9.84 Å². The lowest BCUT2D eigenvalue weighted by Crippen LogP contribution is -2.24. The monoisotopic (exact) mass is 281 g/mol. The molecule has 5 heteroatoms. The van der Waals surface area contributed by atoms with Gasteiger partial charge in [0.2, 0.25) is 5.91 Å². The Balaban J connectivity index is 2.01. The number of carbonyl (C=O) groups is 1. The average Bonchev–Trinajstić information content (AvgIpc) is 2.39. The highest BCUT2D eigenvalue weighted by Crippen LogP contribution is 2.25. The van der Waals surface area contributed by atoms with Crippen molar-refractivity contribution in [1.82, 2.24) is 0 Å². The molecule has 0 radical (unpaired) electrons. The van der Waals surface area contributed by atoms with E-state index in [1.165, 1.54) is 24.8 Å². The molecule has 19 heavy (non-hydrogen) atoms. The third kappa shape index (κ3) is 3.80. The van der Waals surface area contributed by atoms with Crippen molar-refractivity contribution in [3.63, 3.8) is 0 Å². The molecule has 1 saturated carbocycles. The first kappa shape index (κ1) is 14.1. The molecule has 1 aromatic rings. The third-order valence-electron chi connectivity index (χ3n) is 3.53. The molecule has 0 aliphatic heterocycles. The van der Waals surface area contributed by atoms with Crippen LogP contribution in [0.5, 0.6) is 0 Å². The second-order valence-electron chi connectivity index (χ2n) is 5.12. The van der Waals surface area contributed by atoms with E-state index in [1.54, 1.807) is 12.1 Å². The first-order chi connectivity index (χ1) is 8.97. The fourth-order valence-electron chi connectivity index (χ4n) is 2.39. The Bertz CT molecular complexity index is 543. The fourth-order valence-corrected chi connectivity index (χ4v) is 3.03. The quantitative estimate of drug-likeness (QED) is 0.926. The van der Waals surface area contributed by atoms with Crippen LogP contribution in [0.2, 0.25) is 0 Å². The highest BCUT2D eigenvalue weighted by molar-refractivity contribution is 7.90. The van der Waals surface area contributed by atoms with Gasteiger partial charge in [-0.05, 0) is 37.1 Å². The Hall–Kier alpha value is -1.36. The van der Waals surface area contributed by atoms with Gasteiger partial charge in [-0.3, -0.25) is 4.79 Å². The molecular formula is C14H19NO3S. The van der Waals surface area contributed by atoms with Crippen molar-refractivity contribution in [1.29, 1.82) is 0 Å². The summed E-state index contributed by atoms with van der Waals surface area (Å²) in [5.41, 5.74) is 0.656. The van der Waals surface area contributed by atoms with Gasteiger partial charge < -0.3 is 5.32 Å². The molecule has 1 aliphatic rings. The normalized spacial score (nSPS) is 17.1. The summed E-state index contributed by atoms with van der Waals surface area (Å²) in [7, 11) is -3.18. The van der Waals surface area contributed by atoms with E-state index in [0.29, 0.717) is 5.69 Å². The molecule has 4 nitrogen and oxygen atoms in total. The summed E-state index contributed by atoms with van der Waals surface area (Å²) in [5.74, 6) is 0.148. The zero-order valence-electron chi connectivity index (χ0n) is 11.1. The number of rotatable bonds is 3. The fraction of sp³-hybridized carbons (Fsp3) is 0.500. The van der Waals surface area contributed by atoms with Crippen molar-refractivity contribution in [2.45, 2.75) is 37.0 Å². The summed E-state index contributed by atoms with van der Waals surface area (Å²) in [6.45, 7) is 0. The van der Waals surface area contributed by atoms with Gasteiger partial charge in [0.05, 0.1) is 4.90 Å². The lowest BCUT2D eigenvalue weighted by molar-refractivity contribution is -0.120. The number of anilines is 1. The minimum Gasteiger partial charge on any atom is -0.326 e. The number of hydrogen-bond donors (Lipinski definition) is 1. The van der Waals surface area contributed by atoms with Gasteiger partial charge in [0.25, 0.3) is 0 Å². The molecule has 1 aromatic carbocycles. The predicted molar refractivity (Wildman–Crippen MR) is 74.8 cm³/mol. The van der Waals surface area contributed by atoms with Crippen LogP contribution in [-0.4, -0.2) is 20.6 Å². The maximum atomic E-state index is 12.0. The molecule has 104 valence electrons. The third-order valence-corrected chi connectivity index (χ3v) is 4.65. The maximum absolute atomic E-state index is 12.0. The Morgan fingerprint density at radius 3 is 2.21 bits per heavy atom. The number of nitrogens with one attached hydrogen (secondary N) is 1. The summed E-state index contributed by atoms with van der Waals surface area (Å²) >= 11 is 0. The van der Waals surface area contributed by atoms with Gasteiger partial charge in [0, 0.05) is 17.9 Å². The smallest absolute Gasteiger partial charge is 0.227 e. The first-order valence-electron chi connectivity index (χ1n) is 6.58. The van der Waals surface area contributed by atoms with E-state index in [9.17, 15) is 13.2 Å². The highest BCUT2D eigenvalue weighted by Gasteiger charge is 2.21. The van der Waals surface area contributed by atoms with E-state index >= 15 is 0 Å². The molecule has 1 amide bonds. The Labute approximate surface area is 114 Å². The summed E-state index contributed by atoms with van der Waals surface area (Å²) < 4.78 is 22.7. The van der Waals surface area contributed by atoms with Crippen molar-refractivity contribution < 1.29 is 13.2 Å². The molecule has 0 saturated heterocycles. The van der Waals surface area contributed by atoms with Crippen LogP contribution in [0.3, 0.4) is 0 Å². The molecule has 1 N–H and O–H groups in total. The van der Waals surface area contributed by atoms with E-state index in [2.05, 4.69) is 5.32 Å². The van der Waals surface area contributed by atoms with Crippen LogP contribution in [0.4, 0.5) is 5.69 Å². The van der Waals surface area contributed by atoms with Crippen LogP contribution < -0.4 is 5.32 Å². The first-order valence-corrected chi connectivity index (χ1v) is 8.47. The lowest BCUT2D eigenvalue weighted by Gasteiger charge is -2.20. The van der Waals surface area contributed by atoms with E-state index in [1.807, 2.05) is 0 Å². The molecule has 1 aliphatic carbocycles. The van der Waals surface area contributed by atoms with E-state index in [-0.39, 0.29) is 16.7 Å². The predicted octanol–water partition coefficient (Wildman–Crippen LogP) is 2.61. The summed E-state index contributed by atoms with van der Waals surface area (Å²) in [6.07, 6.45) is 6.52. The molecule has 0 aromatic heterocycles. The van der Waals surface area contributed by atoms with E-state index in [0.717, 1.165) is 25.7 Å². The average molecular weight is 281 g/mol. The van der Waals surface area contributed by atoms with Crippen LogP contribution in [-0.2, 0) is 14.6 Å². The van der Waals surface area contributed by atoms with Crippen molar-refractivity contribution in [3.05, 3.63) is 24.3 Å². The number of hydrogen-bond acceptors (Lipinski definition) is 3. The van der Waals surface area contributed by atoms with Gasteiger partial charge in [-0.2, -0.15) is 0 Å². The molecule has 0 atom stereocenters. The second kappa shape index (κ2) is 5.74. The number of amides is 1. The van der Waals surface area contributed by atoms with Crippen LogP contribution in [0.25, 0.3) is 0 Å². The Kier molecular flexibility index (Phi) is 4.24. The number of carbonyl (C=O) groups excluding carboxylic acids is 1. The van der Waals surface area contributed by atoms with Gasteiger partial charge in [-0.15, -0.1) is 0 Å². The molecule has 1 fully saturated rings. The second-order valence-corrected chi connectivity index (χ2v) is 7.14. The molecule has 0 spiro atoms. The summed E-state index contributed by atoms with van der Waals surface area (Å²) in [6, 6.07) is 6.31. The van der Waals surface area contributed by atoms with Crippen molar-refractivity contribution in [2.75, 3.05) is 11.6 Å². The standard InChI is InChI=1S/C14H19NO3S/c1-19(17,18)13-9-7-12(8-10-13)15-14(16)11-5-3-2-4-6-11/h7-11H,2-6H2,1H3,(H,15,16). The van der Waals surface area contributed by atoms with Gasteiger partial charge in [-0.25, -0.2) is 8.42 Å². The van der Waals surface area contributed by atoms with Gasteiger partial charge in [-0.1, -0.05) is 19.3 Å². The molecular weight excluding hydrogens is 262 g/mol. The van der Waals surface area contributed by atoms with Crippen molar-refractivity contribution >= 4 is 21.4 Å². The lowest BCUT2D eigenvalue weighted by atomic mass is 9.88. The van der Waals surface area contributed by atoms with Crippen LogP contribution in [0, 0.1) is 5.92 Å². The number of benzene rings is 1. The van der Waals surface area contributed by atoms with Crippen LogP contribution in [0.15, 0.2) is 29.2 Å². The van der Waals surface area contributed by atoms with Crippen molar-refractivity contribution in [3.8, 4) is 0 Å². The topological polar surface area (TPSA) is 63.2 Å². The van der Waals surface area contributed by atoms with Crippen molar-refractivity contribution in [2.24, 2.45) is 5.92 Å².